The van der Waals surface area contributed by atoms with Gasteiger partial charge in [-0.1, -0.05) is 26.0 Å². The van der Waals surface area contributed by atoms with E-state index in [1.807, 2.05) is 0 Å². The lowest BCUT2D eigenvalue weighted by molar-refractivity contribution is 0.146. The van der Waals surface area contributed by atoms with Crippen molar-refractivity contribution in [3.05, 3.63) is 29.6 Å². The van der Waals surface area contributed by atoms with E-state index in [0.717, 1.165) is 0 Å². The molecule has 0 radical (unpaired) electrons. The number of methoxy groups -OCH3 is 2. The summed E-state index contributed by atoms with van der Waals surface area (Å²) in [5, 5.41) is 3.31. The van der Waals surface area contributed by atoms with Crippen molar-refractivity contribution >= 4 is 0 Å². The molecule has 0 aliphatic rings. The zero-order valence-electron chi connectivity index (χ0n) is 11.5. The van der Waals surface area contributed by atoms with Gasteiger partial charge in [-0.15, -0.1) is 0 Å². The topological polar surface area (TPSA) is 30.5 Å². The maximum Gasteiger partial charge on any atom is 0.169 e. The van der Waals surface area contributed by atoms with Gasteiger partial charge in [0.15, 0.2) is 11.6 Å². The van der Waals surface area contributed by atoms with E-state index >= 15 is 0 Å². The van der Waals surface area contributed by atoms with Crippen molar-refractivity contribution in [2.45, 2.75) is 26.4 Å². The lowest BCUT2D eigenvalue weighted by Gasteiger charge is -2.22. The normalized spacial score (nSPS) is 12.8. The summed E-state index contributed by atoms with van der Waals surface area (Å²) in [7, 11) is 3.14. The predicted octanol–water partition coefficient (Wildman–Crippen LogP) is 2.59. The van der Waals surface area contributed by atoms with Crippen LogP contribution in [0.1, 0.15) is 19.4 Å². The molecule has 1 rings (SSSR count). The molecule has 0 spiro atoms. The van der Waals surface area contributed by atoms with Gasteiger partial charge in [-0.2, -0.15) is 0 Å². The molecule has 18 heavy (non-hydrogen) atoms. The maximum absolute atomic E-state index is 13.9. The van der Waals surface area contributed by atoms with E-state index in [9.17, 15) is 4.39 Å². The molecule has 0 heterocycles. The number of nitrogens with one attached hydrogen (secondary N) is 1. The van der Waals surface area contributed by atoms with Crippen molar-refractivity contribution < 1.29 is 13.9 Å². The Hall–Kier alpha value is -1.13. The van der Waals surface area contributed by atoms with Crippen LogP contribution in [0.3, 0.4) is 0 Å². The minimum atomic E-state index is -0.299. The zero-order valence-corrected chi connectivity index (χ0v) is 11.5. The highest BCUT2D eigenvalue weighted by atomic mass is 19.1. The van der Waals surface area contributed by atoms with Gasteiger partial charge in [-0.25, -0.2) is 4.39 Å². The Labute approximate surface area is 108 Å². The van der Waals surface area contributed by atoms with Crippen molar-refractivity contribution in [3.8, 4) is 5.75 Å². The first-order valence-electron chi connectivity index (χ1n) is 6.13. The fourth-order valence-corrected chi connectivity index (χ4v) is 1.76. The fourth-order valence-electron chi connectivity index (χ4n) is 1.76. The van der Waals surface area contributed by atoms with Crippen LogP contribution in [0, 0.1) is 11.7 Å². The van der Waals surface area contributed by atoms with Crippen LogP contribution in [0.5, 0.6) is 5.75 Å². The Kier molecular flexibility index (Phi) is 6.09. The molecular formula is C14H22FNO2. The van der Waals surface area contributed by atoms with Gasteiger partial charge in [0.2, 0.25) is 0 Å². The summed E-state index contributed by atoms with van der Waals surface area (Å²) < 4.78 is 24.0. The maximum atomic E-state index is 13.9. The van der Waals surface area contributed by atoms with Crippen molar-refractivity contribution in [2.75, 3.05) is 20.8 Å². The second-order valence-electron chi connectivity index (χ2n) is 4.62. The lowest BCUT2D eigenvalue weighted by atomic mass is 10.0. The van der Waals surface area contributed by atoms with E-state index in [4.69, 9.17) is 9.47 Å². The van der Waals surface area contributed by atoms with Crippen molar-refractivity contribution in [3.63, 3.8) is 0 Å². The number of hydrogen-bond donors (Lipinski definition) is 1. The number of ether oxygens (including phenoxy) is 2. The summed E-state index contributed by atoms with van der Waals surface area (Å²) in [6, 6.07) is 5.38. The fraction of sp³-hybridized carbons (Fsp3) is 0.571. The zero-order chi connectivity index (χ0) is 13.5. The first-order valence-corrected chi connectivity index (χ1v) is 6.13. The molecule has 1 atom stereocenters. The molecule has 1 aromatic rings. The van der Waals surface area contributed by atoms with Crippen LogP contribution < -0.4 is 10.1 Å². The smallest absolute Gasteiger partial charge is 0.169 e. The molecule has 0 saturated carbocycles. The van der Waals surface area contributed by atoms with Gasteiger partial charge in [0, 0.05) is 25.3 Å². The molecule has 4 heteroatoms. The van der Waals surface area contributed by atoms with Crippen LogP contribution in [0.15, 0.2) is 18.2 Å². The van der Waals surface area contributed by atoms with Crippen LogP contribution in [-0.2, 0) is 11.3 Å². The van der Waals surface area contributed by atoms with E-state index < -0.39 is 0 Å². The van der Waals surface area contributed by atoms with Crippen molar-refractivity contribution in [2.24, 2.45) is 5.92 Å². The summed E-state index contributed by atoms with van der Waals surface area (Å²) >= 11 is 0. The molecule has 1 unspecified atom stereocenters. The van der Waals surface area contributed by atoms with Crippen LogP contribution in [0.2, 0.25) is 0 Å². The summed E-state index contributed by atoms with van der Waals surface area (Å²) in [6.07, 6.45) is 0. The largest absolute Gasteiger partial charge is 0.494 e. The van der Waals surface area contributed by atoms with E-state index in [0.29, 0.717) is 24.6 Å². The molecule has 0 aliphatic heterocycles. The van der Waals surface area contributed by atoms with E-state index in [1.165, 1.54) is 7.11 Å². The van der Waals surface area contributed by atoms with E-state index in [2.05, 4.69) is 19.2 Å². The molecule has 0 aromatic heterocycles. The molecule has 0 amide bonds. The Morgan fingerprint density at radius 3 is 2.56 bits per heavy atom. The van der Waals surface area contributed by atoms with Crippen LogP contribution in [0.4, 0.5) is 4.39 Å². The monoisotopic (exact) mass is 255 g/mol. The molecule has 102 valence electrons. The van der Waals surface area contributed by atoms with Gasteiger partial charge in [-0.3, -0.25) is 0 Å². The second kappa shape index (κ2) is 7.34. The molecule has 0 aliphatic carbocycles. The van der Waals surface area contributed by atoms with Gasteiger partial charge < -0.3 is 14.8 Å². The molecule has 0 saturated heterocycles. The summed E-state index contributed by atoms with van der Waals surface area (Å²) in [5.74, 6) is 0.410. The molecular weight excluding hydrogens is 233 g/mol. The lowest BCUT2D eigenvalue weighted by Crippen LogP contribution is -2.37. The number of hydrogen-bond acceptors (Lipinski definition) is 3. The first-order chi connectivity index (χ1) is 8.60. The van der Waals surface area contributed by atoms with E-state index in [1.54, 1.807) is 25.3 Å². The highest BCUT2D eigenvalue weighted by Gasteiger charge is 2.14. The number of halogens is 1. The Balaban J connectivity index is 2.67. The number of benzene rings is 1. The average Bonchev–Trinajstić information content (AvgIpc) is 2.35. The minimum absolute atomic E-state index is 0.209. The van der Waals surface area contributed by atoms with Crippen molar-refractivity contribution in [1.82, 2.24) is 5.32 Å². The minimum Gasteiger partial charge on any atom is -0.494 e. The summed E-state index contributed by atoms with van der Waals surface area (Å²) in [4.78, 5) is 0. The summed E-state index contributed by atoms with van der Waals surface area (Å²) in [6.45, 7) is 5.30. The second-order valence-corrected chi connectivity index (χ2v) is 4.62. The van der Waals surface area contributed by atoms with Gasteiger partial charge in [0.25, 0.3) is 0 Å². The van der Waals surface area contributed by atoms with Crippen LogP contribution in [0.25, 0.3) is 0 Å². The SMILES string of the molecule is COCC(NCc1cccc(OC)c1F)C(C)C. The Morgan fingerprint density at radius 2 is 2.00 bits per heavy atom. The predicted molar refractivity (Wildman–Crippen MR) is 70.3 cm³/mol. The standard InChI is InChI=1S/C14H22FNO2/c1-10(2)12(9-17-3)16-8-11-6-5-7-13(18-4)14(11)15/h5-7,10,12,16H,8-9H2,1-4H3. The third kappa shape index (κ3) is 3.96. The first kappa shape index (κ1) is 14.9. The van der Waals surface area contributed by atoms with Crippen molar-refractivity contribution in [1.29, 1.82) is 0 Å². The molecule has 3 nitrogen and oxygen atoms in total. The average molecular weight is 255 g/mol. The Bertz CT molecular complexity index is 369. The summed E-state index contributed by atoms with van der Waals surface area (Å²) in [5.41, 5.74) is 0.608. The third-order valence-electron chi connectivity index (χ3n) is 2.97. The Morgan fingerprint density at radius 1 is 1.28 bits per heavy atom. The van der Waals surface area contributed by atoms with Gasteiger partial charge >= 0.3 is 0 Å². The van der Waals surface area contributed by atoms with Gasteiger partial charge in [0.1, 0.15) is 0 Å². The van der Waals surface area contributed by atoms with Crippen LogP contribution >= 0.6 is 0 Å². The van der Waals surface area contributed by atoms with E-state index in [-0.39, 0.29) is 17.6 Å². The molecule has 0 bridgehead atoms. The highest BCUT2D eigenvalue weighted by Crippen LogP contribution is 2.20. The highest BCUT2D eigenvalue weighted by molar-refractivity contribution is 5.30. The number of rotatable bonds is 7. The molecule has 1 aromatic carbocycles. The molecule has 1 N–H and O–H groups in total. The quantitative estimate of drug-likeness (QED) is 0.812. The van der Waals surface area contributed by atoms with Gasteiger partial charge in [-0.05, 0) is 12.0 Å². The molecule has 0 fully saturated rings. The van der Waals surface area contributed by atoms with Crippen LogP contribution in [-0.4, -0.2) is 26.9 Å². The third-order valence-corrected chi connectivity index (χ3v) is 2.97. The van der Waals surface area contributed by atoms with Gasteiger partial charge in [0.05, 0.1) is 13.7 Å².